The molecule has 1 N–H and O–H groups in total. The molecule has 0 amide bonds. The Balaban J connectivity index is 2.46. The first-order valence-electron chi connectivity index (χ1n) is 8.06. The molecule has 1 heterocycles. The SMILES string of the molecule is CCOC(=O)C(C)(CCCN1[C@H](C)CCC[C@@H]1C)NC. The third-order valence-electron chi connectivity index (χ3n) is 4.75. The Morgan fingerprint density at radius 3 is 2.45 bits per heavy atom. The zero-order chi connectivity index (χ0) is 15.2. The van der Waals surface area contributed by atoms with Gasteiger partial charge in [0.25, 0.3) is 0 Å². The molecule has 0 aromatic heterocycles. The van der Waals surface area contributed by atoms with Crippen LogP contribution in [0.5, 0.6) is 0 Å². The van der Waals surface area contributed by atoms with E-state index in [9.17, 15) is 4.79 Å². The van der Waals surface area contributed by atoms with Crippen molar-refractivity contribution in [3.63, 3.8) is 0 Å². The van der Waals surface area contributed by atoms with E-state index in [-0.39, 0.29) is 5.97 Å². The van der Waals surface area contributed by atoms with Gasteiger partial charge in [0.2, 0.25) is 0 Å². The van der Waals surface area contributed by atoms with Gasteiger partial charge < -0.3 is 10.1 Å². The fourth-order valence-electron chi connectivity index (χ4n) is 3.15. The molecule has 0 aromatic carbocycles. The second kappa shape index (κ2) is 7.99. The molecule has 0 spiro atoms. The largest absolute Gasteiger partial charge is 0.465 e. The Bertz CT molecular complexity index is 299. The number of likely N-dealkylation sites (tertiary alicyclic amines) is 1. The number of nitrogens with one attached hydrogen (secondary N) is 1. The second-order valence-corrected chi connectivity index (χ2v) is 6.27. The lowest BCUT2D eigenvalue weighted by atomic mass is 9.93. The van der Waals surface area contributed by atoms with Gasteiger partial charge in [-0.15, -0.1) is 0 Å². The lowest BCUT2D eigenvalue weighted by Crippen LogP contribution is -2.50. The highest BCUT2D eigenvalue weighted by Gasteiger charge is 2.33. The maximum absolute atomic E-state index is 12.0. The van der Waals surface area contributed by atoms with Crippen LogP contribution >= 0.6 is 0 Å². The van der Waals surface area contributed by atoms with Crippen LogP contribution in [0, 0.1) is 0 Å². The standard InChI is InChI=1S/C16H32N2O2/c1-6-20-15(19)16(4,17-5)11-8-12-18-13(2)9-7-10-14(18)3/h13-14,17H,6-12H2,1-5H3/t13-,14+,16?. The average Bonchev–Trinajstić information content (AvgIpc) is 2.42. The molecule has 0 aliphatic carbocycles. The molecule has 1 unspecified atom stereocenters. The molecule has 1 fully saturated rings. The zero-order valence-corrected chi connectivity index (χ0v) is 13.9. The van der Waals surface area contributed by atoms with Gasteiger partial charge in [-0.25, -0.2) is 0 Å². The van der Waals surface area contributed by atoms with Crippen molar-refractivity contribution < 1.29 is 9.53 Å². The number of piperidine rings is 1. The average molecular weight is 284 g/mol. The predicted octanol–water partition coefficient (Wildman–Crippen LogP) is 2.57. The minimum atomic E-state index is -0.557. The highest BCUT2D eigenvalue weighted by atomic mass is 16.5. The van der Waals surface area contributed by atoms with Crippen molar-refractivity contribution in [1.29, 1.82) is 0 Å². The first-order chi connectivity index (χ1) is 9.44. The zero-order valence-electron chi connectivity index (χ0n) is 13.9. The number of hydrogen-bond donors (Lipinski definition) is 1. The molecule has 1 aliphatic rings. The number of esters is 1. The first kappa shape index (κ1) is 17.4. The highest BCUT2D eigenvalue weighted by molar-refractivity contribution is 5.80. The van der Waals surface area contributed by atoms with E-state index in [1.54, 1.807) is 0 Å². The summed E-state index contributed by atoms with van der Waals surface area (Å²) in [6.45, 7) is 9.94. The Morgan fingerprint density at radius 2 is 1.95 bits per heavy atom. The van der Waals surface area contributed by atoms with Crippen molar-refractivity contribution in [3.8, 4) is 0 Å². The minimum Gasteiger partial charge on any atom is -0.465 e. The van der Waals surface area contributed by atoms with Crippen LogP contribution in [0.4, 0.5) is 0 Å². The van der Waals surface area contributed by atoms with Gasteiger partial charge in [-0.1, -0.05) is 6.42 Å². The van der Waals surface area contributed by atoms with Crippen molar-refractivity contribution in [2.45, 2.75) is 77.4 Å². The van der Waals surface area contributed by atoms with Gasteiger partial charge in [-0.05, 0) is 67.0 Å². The molecule has 118 valence electrons. The number of hydrogen-bond acceptors (Lipinski definition) is 4. The number of ether oxygens (including phenoxy) is 1. The lowest BCUT2D eigenvalue weighted by molar-refractivity contribution is -0.150. The van der Waals surface area contributed by atoms with Gasteiger partial charge in [-0.3, -0.25) is 9.69 Å². The summed E-state index contributed by atoms with van der Waals surface area (Å²) >= 11 is 0. The van der Waals surface area contributed by atoms with Gasteiger partial charge in [-0.2, -0.15) is 0 Å². The Kier molecular flexibility index (Phi) is 6.96. The smallest absolute Gasteiger partial charge is 0.326 e. The molecule has 0 bridgehead atoms. The van der Waals surface area contributed by atoms with Crippen LogP contribution < -0.4 is 5.32 Å². The Morgan fingerprint density at radius 1 is 1.35 bits per heavy atom. The maximum Gasteiger partial charge on any atom is 0.326 e. The fraction of sp³-hybridized carbons (Fsp3) is 0.938. The normalized spacial score (nSPS) is 27.1. The van der Waals surface area contributed by atoms with Crippen LogP contribution in [-0.4, -0.2) is 48.7 Å². The van der Waals surface area contributed by atoms with Crippen LogP contribution in [0.1, 0.15) is 59.8 Å². The number of likely N-dealkylation sites (N-methyl/N-ethyl adjacent to an activating group) is 1. The van der Waals surface area contributed by atoms with Gasteiger partial charge in [0.15, 0.2) is 0 Å². The van der Waals surface area contributed by atoms with Crippen LogP contribution in [0.3, 0.4) is 0 Å². The number of carbonyl (C=O) groups is 1. The van der Waals surface area contributed by atoms with Crippen LogP contribution in [0.15, 0.2) is 0 Å². The highest BCUT2D eigenvalue weighted by Crippen LogP contribution is 2.24. The molecule has 1 rings (SSSR count). The van der Waals surface area contributed by atoms with E-state index in [1.165, 1.54) is 19.3 Å². The van der Waals surface area contributed by atoms with Crippen LogP contribution in [-0.2, 0) is 9.53 Å². The molecule has 0 saturated carbocycles. The van der Waals surface area contributed by atoms with Crippen molar-refractivity contribution in [2.24, 2.45) is 0 Å². The van der Waals surface area contributed by atoms with E-state index < -0.39 is 5.54 Å². The van der Waals surface area contributed by atoms with E-state index in [0.29, 0.717) is 18.7 Å². The third kappa shape index (κ3) is 4.45. The first-order valence-corrected chi connectivity index (χ1v) is 8.06. The van der Waals surface area contributed by atoms with E-state index in [0.717, 1.165) is 19.4 Å². The topological polar surface area (TPSA) is 41.6 Å². The maximum atomic E-state index is 12.0. The number of nitrogens with zero attached hydrogens (tertiary/aromatic N) is 1. The minimum absolute atomic E-state index is 0.137. The summed E-state index contributed by atoms with van der Waals surface area (Å²) in [5, 5.41) is 3.13. The number of carbonyl (C=O) groups excluding carboxylic acids is 1. The summed E-state index contributed by atoms with van der Waals surface area (Å²) < 4.78 is 5.17. The monoisotopic (exact) mass is 284 g/mol. The van der Waals surface area contributed by atoms with Crippen molar-refractivity contribution >= 4 is 5.97 Å². The van der Waals surface area contributed by atoms with Crippen LogP contribution in [0.25, 0.3) is 0 Å². The molecule has 0 radical (unpaired) electrons. The molecular weight excluding hydrogens is 252 g/mol. The Hall–Kier alpha value is -0.610. The summed E-state index contributed by atoms with van der Waals surface area (Å²) in [6, 6.07) is 1.34. The van der Waals surface area contributed by atoms with E-state index in [1.807, 2.05) is 20.9 Å². The predicted molar refractivity (Wildman–Crippen MR) is 82.8 cm³/mol. The third-order valence-corrected chi connectivity index (χ3v) is 4.75. The van der Waals surface area contributed by atoms with Gasteiger partial charge >= 0.3 is 5.97 Å². The van der Waals surface area contributed by atoms with Gasteiger partial charge in [0.1, 0.15) is 5.54 Å². The number of rotatable bonds is 7. The quantitative estimate of drug-likeness (QED) is 0.730. The summed E-state index contributed by atoms with van der Waals surface area (Å²) in [5.41, 5.74) is -0.557. The van der Waals surface area contributed by atoms with E-state index in [4.69, 9.17) is 4.74 Å². The molecule has 3 atom stereocenters. The summed E-state index contributed by atoms with van der Waals surface area (Å²) in [6.07, 6.45) is 5.77. The second-order valence-electron chi connectivity index (χ2n) is 6.27. The molecule has 4 nitrogen and oxygen atoms in total. The molecule has 1 saturated heterocycles. The van der Waals surface area contributed by atoms with Crippen molar-refractivity contribution in [2.75, 3.05) is 20.2 Å². The molecular formula is C16H32N2O2. The molecule has 20 heavy (non-hydrogen) atoms. The van der Waals surface area contributed by atoms with Gasteiger partial charge in [0, 0.05) is 12.1 Å². The molecule has 4 heteroatoms. The van der Waals surface area contributed by atoms with E-state index in [2.05, 4.69) is 24.1 Å². The van der Waals surface area contributed by atoms with E-state index >= 15 is 0 Å². The summed E-state index contributed by atoms with van der Waals surface area (Å²) in [4.78, 5) is 14.6. The fourth-order valence-corrected chi connectivity index (χ4v) is 3.15. The van der Waals surface area contributed by atoms with Gasteiger partial charge in [0.05, 0.1) is 6.61 Å². The Labute approximate surface area is 124 Å². The summed E-state index contributed by atoms with van der Waals surface area (Å²) in [5.74, 6) is -0.137. The van der Waals surface area contributed by atoms with Crippen LogP contribution in [0.2, 0.25) is 0 Å². The van der Waals surface area contributed by atoms with Crippen molar-refractivity contribution in [3.05, 3.63) is 0 Å². The van der Waals surface area contributed by atoms with Crippen molar-refractivity contribution in [1.82, 2.24) is 10.2 Å². The molecule has 0 aromatic rings. The lowest BCUT2D eigenvalue weighted by Gasteiger charge is -2.39. The summed E-state index contributed by atoms with van der Waals surface area (Å²) in [7, 11) is 1.84. The molecule has 1 aliphatic heterocycles.